The van der Waals surface area contributed by atoms with Gasteiger partial charge in [0, 0.05) is 10.7 Å². The van der Waals surface area contributed by atoms with Gasteiger partial charge in [0.2, 0.25) is 0 Å². The van der Waals surface area contributed by atoms with Crippen LogP contribution in [0, 0.1) is 5.82 Å². The number of halogens is 3. The molecular formula is C12H9Cl2FN2O2S. The van der Waals surface area contributed by atoms with Crippen LogP contribution < -0.4 is 10.5 Å². The van der Waals surface area contributed by atoms with Crippen LogP contribution in [0.15, 0.2) is 41.3 Å². The standard InChI is InChI=1S/C12H9Cl2FN2O2S/c13-7-1-3-9(14)12(5-7)20(18,19)17-11-6-8(16)2-4-10(11)15/h1-6,17H,16H2. The van der Waals surface area contributed by atoms with Gasteiger partial charge in [-0.3, -0.25) is 4.72 Å². The number of anilines is 2. The van der Waals surface area contributed by atoms with Gasteiger partial charge in [0.1, 0.15) is 10.7 Å². The zero-order valence-electron chi connectivity index (χ0n) is 9.90. The van der Waals surface area contributed by atoms with Gasteiger partial charge >= 0.3 is 0 Å². The maximum atomic E-state index is 13.6. The molecule has 0 aliphatic rings. The zero-order chi connectivity index (χ0) is 14.9. The predicted octanol–water partition coefficient (Wildman–Crippen LogP) is 3.52. The van der Waals surface area contributed by atoms with Crippen molar-refractivity contribution in [3.05, 3.63) is 52.3 Å². The molecule has 0 atom stereocenters. The molecule has 4 nitrogen and oxygen atoms in total. The van der Waals surface area contributed by atoms with E-state index in [2.05, 4.69) is 4.72 Å². The van der Waals surface area contributed by atoms with Crippen molar-refractivity contribution in [1.82, 2.24) is 0 Å². The fourth-order valence-electron chi connectivity index (χ4n) is 1.50. The number of rotatable bonds is 3. The fraction of sp³-hybridized carbons (Fsp3) is 0. The van der Waals surface area contributed by atoms with Gasteiger partial charge in [-0.15, -0.1) is 0 Å². The third kappa shape index (κ3) is 3.15. The fourth-order valence-corrected chi connectivity index (χ4v) is 3.33. The highest BCUT2D eigenvalue weighted by Gasteiger charge is 2.20. The molecule has 106 valence electrons. The molecule has 0 aromatic heterocycles. The van der Waals surface area contributed by atoms with Gasteiger partial charge in [-0.2, -0.15) is 0 Å². The molecule has 0 fully saturated rings. The summed E-state index contributed by atoms with van der Waals surface area (Å²) in [6, 6.07) is 7.52. The molecular weight excluding hydrogens is 326 g/mol. The summed E-state index contributed by atoms with van der Waals surface area (Å²) in [6.07, 6.45) is 0. The summed E-state index contributed by atoms with van der Waals surface area (Å²) in [4.78, 5) is -0.242. The summed E-state index contributed by atoms with van der Waals surface area (Å²) in [5, 5.41) is 0.175. The highest BCUT2D eigenvalue weighted by Crippen LogP contribution is 2.28. The SMILES string of the molecule is Nc1ccc(F)c(NS(=O)(=O)c2cc(Cl)ccc2Cl)c1. The molecule has 0 radical (unpaired) electrons. The van der Waals surface area contributed by atoms with Crippen molar-refractivity contribution in [2.45, 2.75) is 4.90 Å². The second kappa shape index (κ2) is 5.47. The van der Waals surface area contributed by atoms with E-state index in [-0.39, 0.29) is 26.3 Å². The largest absolute Gasteiger partial charge is 0.399 e. The van der Waals surface area contributed by atoms with Crippen LogP contribution in [0.2, 0.25) is 10.0 Å². The Kier molecular flexibility index (Phi) is 4.08. The Labute approximate surface area is 125 Å². The van der Waals surface area contributed by atoms with E-state index >= 15 is 0 Å². The summed E-state index contributed by atoms with van der Waals surface area (Å²) in [5.74, 6) is -0.749. The van der Waals surface area contributed by atoms with E-state index in [1.165, 1.54) is 30.3 Å². The van der Waals surface area contributed by atoms with Crippen LogP contribution in [0.5, 0.6) is 0 Å². The summed E-state index contributed by atoms with van der Waals surface area (Å²) in [6.45, 7) is 0. The zero-order valence-corrected chi connectivity index (χ0v) is 12.2. The summed E-state index contributed by atoms with van der Waals surface area (Å²) in [7, 11) is -4.07. The number of nitrogens with one attached hydrogen (secondary N) is 1. The van der Waals surface area contributed by atoms with Crippen molar-refractivity contribution >= 4 is 44.6 Å². The lowest BCUT2D eigenvalue weighted by Crippen LogP contribution is -2.14. The molecule has 2 rings (SSSR count). The number of nitrogens with two attached hydrogens (primary N) is 1. The number of nitrogen functional groups attached to an aromatic ring is 1. The predicted molar refractivity (Wildman–Crippen MR) is 78.1 cm³/mol. The van der Waals surface area contributed by atoms with Gasteiger partial charge in [0.05, 0.1) is 10.7 Å². The topological polar surface area (TPSA) is 72.2 Å². The second-order valence-electron chi connectivity index (χ2n) is 3.92. The van der Waals surface area contributed by atoms with Gasteiger partial charge in [-0.1, -0.05) is 23.2 Å². The normalized spacial score (nSPS) is 11.3. The number of hydrogen-bond acceptors (Lipinski definition) is 3. The Balaban J connectivity index is 2.46. The summed E-state index contributed by atoms with van der Waals surface area (Å²) in [5.41, 5.74) is 5.45. The van der Waals surface area contributed by atoms with Crippen LogP contribution in [0.4, 0.5) is 15.8 Å². The Morgan fingerprint density at radius 2 is 1.80 bits per heavy atom. The highest BCUT2D eigenvalue weighted by atomic mass is 35.5. The van der Waals surface area contributed by atoms with E-state index in [0.717, 1.165) is 6.07 Å². The first-order chi connectivity index (χ1) is 9.29. The van der Waals surface area contributed by atoms with Crippen LogP contribution in [0.3, 0.4) is 0 Å². The number of hydrogen-bond donors (Lipinski definition) is 2. The molecule has 0 saturated heterocycles. The minimum atomic E-state index is -4.07. The molecule has 0 spiro atoms. The van der Waals surface area contributed by atoms with E-state index in [1.807, 2.05) is 0 Å². The van der Waals surface area contributed by atoms with Crippen molar-refractivity contribution < 1.29 is 12.8 Å². The van der Waals surface area contributed by atoms with E-state index in [4.69, 9.17) is 28.9 Å². The van der Waals surface area contributed by atoms with Crippen molar-refractivity contribution in [2.24, 2.45) is 0 Å². The summed E-state index contributed by atoms with van der Waals surface area (Å²) >= 11 is 11.6. The quantitative estimate of drug-likeness (QED) is 0.843. The van der Waals surface area contributed by atoms with Crippen molar-refractivity contribution in [3.8, 4) is 0 Å². The molecule has 0 unspecified atom stereocenters. The molecule has 0 bridgehead atoms. The lowest BCUT2D eigenvalue weighted by molar-refractivity contribution is 0.598. The van der Waals surface area contributed by atoms with E-state index in [9.17, 15) is 12.8 Å². The number of benzene rings is 2. The molecule has 0 saturated carbocycles. The van der Waals surface area contributed by atoms with Gasteiger partial charge in [0.25, 0.3) is 10.0 Å². The van der Waals surface area contributed by atoms with Gasteiger partial charge in [-0.05, 0) is 36.4 Å². The number of sulfonamides is 1. The molecule has 0 aliphatic heterocycles. The van der Waals surface area contributed by atoms with E-state index < -0.39 is 15.8 Å². The second-order valence-corrected chi connectivity index (χ2v) is 6.41. The Morgan fingerprint density at radius 1 is 1.10 bits per heavy atom. The smallest absolute Gasteiger partial charge is 0.263 e. The van der Waals surface area contributed by atoms with E-state index in [0.29, 0.717) is 0 Å². The Morgan fingerprint density at radius 3 is 2.50 bits per heavy atom. The summed E-state index contributed by atoms with van der Waals surface area (Å²) < 4.78 is 40.0. The van der Waals surface area contributed by atoms with E-state index in [1.54, 1.807) is 0 Å². The van der Waals surface area contributed by atoms with Crippen LogP contribution in [-0.2, 0) is 10.0 Å². The average Bonchev–Trinajstić information content (AvgIpc) is 2.36. The maximum Gasteiger partial charge on any atom is 0.263 e. The Hall–Kier alpha value is -1.50. The van der Waals surface area contributed by atoms with Crippen LogP contribution in [0.25, 0.3) is 0 Å². The molecule has 3 N–H and O–H groups in total. The third-order valence-corrected chi connectivity index (χ3v) is 4.50. The van der Waals surface area contributed by atoms with Gasteiger partial charge in [0.15, 0.2) is 0 Å². The van der Waals surface area contributed by atoms with Crippen molar-refractivity contribution in [2.75, 3.05) is 10.5 Å². The molecule has 0 heterocycles. The minimum Gasteiger partial charge on any atom is -0.399 e. The Bertz CT molecular complexity index is 766. The van der Waals surface area contributed by atoms with Crippen molar-refractivity contribution in [1.29, 1.82) is 0 Å². The first kappa shape index (κ1) is 14.9. The third-order valence-electron chi connectivity index (χ3n) is 2.42. The van der Waals surface area contributed by atoms with Gasteiger partial charge in [-0.25, -0.2) is 12.8 Å². The molecule has 0 aliphatic carbocycles. The van der Waals surface area contributed by atoms with Gasteiger partial charge < -0.3 is 5.73 Å². The first-order valence-corrected chi connectivity index (χ1v) is 7.56. The van der Waals surface area contributed by atoms with Crippen LogP contribution >= 0.6 is 23.2 Å². The first-order valence-electron chi connectivity index (χ1n) is 5.32. The molecule has 2 aromatic rings. The maximum absolute atomic E-state index is 13.6. The lowest BCUT2D eigenvalue weighted by atomic mass is 10.3. The van der Waals surface area contributed by atoms with Crippen molar-refractivity contribution in [3.63, 3.8) is 0 Å². The highest BCUT2D eigenvalue weighted by molar-refractivity contribution is 7.92. The average molecular weight is 335 g/mol. The lowest BCUT2D eigenvalue weighted by Gasteiger charge is -2.11. The van der Waals surface area contributed by atoms with Crippen LogP contribution in [-0.4, -0.2) is 8.42 Å². The molecule has 2 aromatic carbocycles. The monoisotopic (exact) mass is 334 g/mol. The molecule has 8 heteroatoms. The molecule has 20 heavy (non-hydrogen) atoms. The van der Waals surface area contributed by atoms with Crippen LogP contribution in [0.1, 0.15) is 0 Å². The minimum absolute atomic E-state index is 0.0220. The molecule has 0 amide bonds.